The van der Waals surface area contributed by atoms with Crippen LogP contribution in [0, 0.1) is 6.92 Å². The van der Waals surface area contributed by atoms with Crippen molar-refractivity contribution in [1.29, 1.82) is 0 Å². The van der Waals surface area contributed by atoms with Crippen molar-refractivity contribution in [2.45, 2.75) is 38.6 Å². The monoisotopic (exact) mass is 401 g/mol. The predicted octanol–water partition coefficient (Wildman–Crippen LogP) is 1.84. The molecule has 1 aromatic heterocycles. The van der Waals surface area contributed by atoms with E-state index in [0.717, 1.165) is 42.8 Å². The molecule has 2 aromatic rings. The van der Waals surface area contributed by atoms with Crippen molar-refractivity contribution in [3.8, 4) is 0 Å². The van der Waals surface area contributed by atoms with Crippen LogP contribution in [-0.4, -0.2) is 34.7 Å². The molecule has 8 nitrogen and oxygen atoms in total. The van der Waals surface area contributed by atoms with Gasteiger partial charge in [0, 0.05) is 11.7 Å². The summed E-state index contributed by atoms with van der Waals surface area (Å²) in [5, 5.41) is 2.99. The molecule has 0 aliphatic heterocycles. The lowest BCUT2D eigenvalue weighted by Crippen LogP contribution is -2.44. The quantitative estimate of drug-likeness (QED) is 0.679. The number of carbonyl (C=O) groups is 3. The number of nitrogens with one attached hydrogen (secondary N) is 1. The lowest BCUT2D eigenvalue weighted by atomic mass is 10.1. The highest BCUT2D eigenvalue weighted by molar-refractivity contribution is 7.09. The minimum atomic E-state index is -0.797. The second-order valence-electron chi connectivity index (χ2n) is 6.86. The van der Waals surface area contributed by atoms with Crippen LogP contribution < -0.4 is 21.7 Å². The number of hydrogen-bond acceptors (Lipinski definition) is 6. The Morgan fingerprint density at radius 3 is 2.54 bits per heavy atom. The Morgan fingerprint density at radius 1 is 1.25 bits per heavy atom. The number of aryl methyl sites for hydroxylation is 1. The van der Waals surface area contributed by atoms with Gasteiger partial charge in [-0.3, -0.25) is 19.3 Å². The summed E-state index contributed by atoms with van der Waals surface area (Å²) < 4.78 is 3.89. The van der Waals surface area contributed by atoms with E-state index in [1.54, 1.807) is 12.1 Å². The van der Waals surface area contributed by atoms with Crippen LogP contribution in [0.5, 0.6) is 0 Å². The second kappa shape index (κ2) is 8.39. The van der Waals surface area contributed by atoms with E-state index in [1.807, 2.05) is 19.1 Å². The molecule has 9 heteroatoms. The Labute approximate surface area is 167 Å². The number of nitrogens with two attached hydrogens (primary N) is 2. The van der Waals surface area contributed by atoms with Crippen LogP contribution in [0.1, 0.15) is 51.4 Å². The number of nitrogen functional groups attached to an aromatic ring is 1. The van der Waals surface area contributed by atoms with Crippen LogP contribution in [0.25, 0.3) is 0 Å². The van der Waals surface area contributed by atoms with Gasteiger partial charge in [-0.15, -0.1) is 0 Å². The van der Waals surface area contributed by atoms with Gasteiger partial charge in [-0.25, -0.2) is 0 Å². The zero-order valence-corrected chi connectivity index (χ0v) is 16.4. The molecule has 0 radical (unpaired) electrons. The van der Waals surface area contributed by atoms with Crippen molar-refractivity contribution in [2.75, 3.05) is 17.2 Å². The number of benzene rings is 1. The summed E-state index contributed by atoms with van der Waals surface area (Å²) in [6, 6.07) is 7.42. The van der Waals surface area contributed by atoms with E-state index in [-0.39, 0.29) is 34.8 Å². The molecule has 148 valence electrons. The summed E-state index contributed by atoms with van der Waals surface area (Å²) >= 11 is 0.803. The number of carbonyl (C=O) groups excluding carboxylic acids is 3. The fourth-order valence-corrected chi connectivity index (χ4v) is 4.13. The van der Waals surface area contributed by atoms with Crippen LogP contribution in [0.2, 0.25) is 0 Å². The molecule has 1 heterocycles. The molecule has 3 amide bonds. The molecule has 1 aliphatic rings. The zero-order chi connectivity index (χ0) is 20.3. The lowest BCUT2D eigenvalue weighted by Gasteiger charge is -2.24. The number of anilines is 2. The van der Waals surface area contributed by atoms with Crippen LogP contribution in [0.15, 0.2) is 24.3 Å². The average molecular weight is 401 g/mol. The van der Waals surface area contributed by atoms with Gasteiger partial charge in [0.25, 0.3) is 11.8 Å². The topological polar surface area (TPSA) is 131 Å². The molecular formula is C19H23N5O3S. The van der Waals surface area contributed by atoms with Gasteiger partial charge >= 0.3 is 0 Å². The van der Waals surface area contributed by atoms with Crippen LogP contribution in [-0.2, 0) is 4.79 Å². The van der Waals surface area contributed by atoms with Gasteiger partial charge < -0.3 is 16.8 Å². The highest BCUT2D eigenvalue weighted by Gasteiger charge is 2.28. The van der Waals surface area contributed by atoms with Crippen molar-refractivity contribution in [2.24, 2.45) is 5.73 Å². The van der Waals surface area contributed by atoms with E-state index in [1.165, 1.54) is 4.90 Å². The maximum absolute atomic E-state index is 13.2. The van der Waals surface area contributed by atoms with E-state index in [4.69, 9.17) is 11.5 Å². The van der Waals surface area contributed by atoms with Crippen LogP contribution in [0.4, 0.5) is 11.4 Å². The number of para-hydroxylation sites is 1. The van der Waals surface area contributed by atoms with Gasteiger partial charge in [0.15, 0.2) is 5.69 Å². The molecule has 0 saturated heterocycles. The number of hydrogen-bond donors (Lipinski definition) is 3. The molecule has 28 heavy (non-hydrogen) atoms. The molecular weight excluding hydrogens is 378 g/mol. The number of primary amides is 1. The predicted molar refractivity (Wildman–Crippen MR) is 108 cm³/mol. The normalized spacial score (nSPS) is 14.0. The van der Waals surface area contributed by atoms with Gasteiger partial charge in [-0.05, 0) is 42.9 Å². The van der Waals surface area contributed by atoms with Crippen molar-refractivity contribution >= 4 is 40.6 Å². The van der Waals surface area contributed by atoms with Gasteiger partial charge in [0.1, 0.15) is 11.4 Å². The van der Waals surface area contributed by atoms with E-state index in [2.05, 4.69) is 9.69 Å². The zero-order valence-electron chi connectivity index (χ0n) is 15.6. The van der Waals surface area contributed by atoms with E-state index >= 15 is 0 Å². The standard InChI is InChI=1S/C19H23N5O3S/c1-11-6-2-5-9-13(11)24(10-14(25)22-12-7-3-4-8-12)19(27)17-15(20)16(18(21)26)23-28-17/h2,5-6,9,12H,3-4,7-8,10,20H2,1H3,(H2,21,26)(H,22,25). The SMILES string of the molecule is Cc1ccccc1N(CC(=O)NC1CCCC1)C(=O)c1snc(C(N)=O)c1N. The highest BCUT2D eigenvalue weighted by atomic mass is 32.1. The first-order chi connectivity index (χ1) is 13.4. The van der Waals surface area contributed by atoms with E-state index in [9.17, 15) is 14.4 Å². The Kier molecular flexibility index (Phi) is 5.93. The third kappa shape index (κ3) is 4.14. The van der Waals surface area contributed by atoms with Gasteiger partial charge in [0.2, 0.25) is 5.91 Å². The fraction of sp³-hybridized carbons (Fsp3) is 0.368. The summed E-state index contributed by atoms with van der Waals surface area (Å²) in [6.45, 7) is 1.71. The molecule has 1 aromatic carbocycles. The largest absolute Gasteiger partial charge is 0.395 e. The first-order valence-corrected chi connectivity index (χ1v) is 9.87. The van der Waals surface area contributed by atoms with Crippen molar-refractivity contribution in [3.05, 3.63) is 40.4 Å². The maximum atomic E-state index is 13.2. The molecule has 3 rings (SSSR count). The average Bonchev–Trinajstić information content (AvgIpc) is 3.29. The number of rotatable bonds is 6. The van der Waals surface area contributed by atoms with Gasteiger partial charge in [-0.1, -0.05) is 31.0 Å². The number of aromatic nitrogens is 1. The Hall–Kier alpha value is -2.94. The van der Waals surface area contributed by atoms with E-state index < -0.39 is 11.8 Å². The minimum Gasteiger partial charge on any atom is -0.395 e. The van der Waals surface area contributed by atoms with Crippen molar-refractivity contribution in [1.82, 2.24) is 9.69 Å². The number of nitrogens with zero attached hydrogens (tertiary/aromatic N) is 2. The number of amides is 3. The van der Waals surface area contributed by atoms with E-state index in [0.29, 0.717) is 5.69 Å². The first-order valence-electron chi connectivity index (χ1n) is 9.10. The summed E-state index contributed by atoms with van der Waals surface area (Å²) in [7, 11) is 0. The minimum absolute atomic E-state index is 0.0581. The smallest absolute Gasteiger partial charge is 0.272 e. The fourth-order valence-electron chi connectivity index (χ4n) is 3.37. The molecule has 0 spiro atoms. The molecule has 0 bridgehead atoms. The second-order valence-corrected chi connectivity index (χ2v) is 7.64. The Morgan fingerprint density at radius 2 is 1.93 bits per heavy atom. The lowest BCUT2D eigenvalue weighted by molar-refractivity contribution is -0.120. The molecule has 0 atom stereocenters. The Balaban J connectivity index is 1.89. The summed E-state index contributed by atoms with van der Waals surface area (Å²) in [5.41, 5.74) is 12.4. The Bertz CT molecular complexity index is 905. The summed E-state index contributed by atoms with van der Waals surface area (Å²) in [4.78, 5) is 38.7. The third-order valence-electron chi connectivity index (χ3n) is 4.83. The van der Waals surface area contributed by atoms with Crippen molar-refractivity contribution < 1.29 is 14.4 Å². The molecule has 0 unspecified atom stereocenters. The maximum Gasteiger partial charge on any atom is 0.272 e. The third-order valence-corrected chi connectivity index (χ3v) is 5.68. The molecule has 1 saturated carbocycles. The highest BCUT2D eigenvalue weighted by Crippen LogP contribution is 2.27. The molecule has 5 N–H and O–H groups in total. The molecule has 1 aliphatic carbocycles. The van der Waals surface area contributed by atoms with Crippen LogP contribution in [0.3, 0.4) is 0 Å². The first kappa shape index (κ1) is 19.8. The summed E-state index contributed by atoms with van der Waals surface area (Å²) in [6.07, 6.45) is 4.10. The van der Waals surface area contributed by atoms with Gasteiger partial charge in [-0.2, -0.15) is 4.37 Å². The van der Waals surface area contributed by atoms with Gasteiger partial charge in [0.05, 0.1) is 5.69 Å². The molecule has 1 fully saturated rings. The van der Waals surface area contributed by atoms with Crippen molar-refractivity contribution in [3.63, 3.8) is 0 Å². The van der Waals surface area contributed by atoms with Crippen LogP contribution >= 0.6 is 11.5 Å². The summed E-state index contributed by atoms with van der Waals surface area (Å²) in [5.74, 6) is -1.52.